The highest BCUT2D eigenvalue weighted by Crippen LogP contribution is 2.22. The molecule has 1 unspecified atom stereocenters. The van der Waals surface area contributed by atoms with Crippen LogP contribution >= 0.6 is 0 Å². The summed E-state index contributed by atoms with van der Waals surface area (Å²) in [6.45, 7) is 8.40. The third kappa shape index (κ3) is 4.85. The molecule has 1 atom stereocenters. The average molecular weight is 288 g/mol. The third-order valence-corrected chi connectivity index (χ3v) is 4.20. The van der Waals surface area contributed by atoms with Crippen molar-refractivity contribution in [3.63, 3.8) is 0 Å². The van der Waals surface area contributed by atoms with E-state index in [1.54, 1.807) is 0 Å². The highest BCUT2D eigenvalue weighted by Gasteiger charge is 2.15. The predicted octanol–water partition coefficient (Wildman–Crippen LogP) is 3.25. The molecule has 2 rings (SSSR count). The number of hydrogen-bond acceptors (Lipinski definition) is 2. The minimum Gasteiger partial charge on any atom is -0.352 e. The molecule has 1 heterocycles. The number of carbonyl (C=O) groups excluding carboxylic acids is 1. The van der Waals surface area contributed by atoms with Gasteiger partial charge in [-0.1, -0.05) is 39.3 Å². The van der Waals surface area contributed by atoms with Gasteiger partial charge in [-0.15, -0.1) is 0 Å². The summed E-state index contributed by atoms with van der Waals surface area (Å²) < 4.78 is 0. The van der Waals surface area contributed by atoms with Crippen LogP contribution in [0.5, 0.6) is 0 Å². The van der Waals surface area contributed by atoms with E-state index in [0.717, 1.165) is 25.1 Å². The van der Waals surface area contributed by atoms with E-state index < -0.39 is 0 Å². The molecule has 21 heavy (non-hydrogen) atoms. The topological polar surface area (TPSA) is 41.1 Å². The quantitative estimate of drug-likeness (QED) is 0.893. The Hall–Kier alpha value is -1.35. The molecule has 0 aliphatic carbocycles. The lowest BCUT2D eigenvalue weighted by molar-refractivity contribution is 0.0951. The van der Waals surface area contributed by atoms with Crippen molar-refractivity contribution >= 4 is 5.91 Å². The van der Waals surface area contributed by atoms with E-state index in [4.69, 9.17) is 0 Å². The van der Waals surface area contributed by atoms with E-state index >= 15 is 0 Å². The van der Waals surface area contributed by atoms with Crippen LogP contribution in [0.2, 0.25) is 0 Å². The maximum absolute atomic E-state index is 12.1. The number of nitrogens with one attached hydrogen (secondary N) is 2. The fourth-order valence-electron chi connectivity index (χ4n) is 2.75. The molecule has 0 spiro atoms. The molecule has 1 aliphatic rings. The number of benzene rings is 1. The molecule has 1 saturated heterocycles. The molecule has 0 bridgehead atoms. The summed E-state index contributed by atoms with van der Waals surface area (Å²) in [5.41, 5.74) is 2.13. The zero-order valence-corrected chi connectivity index (χ0v) is 13.5. The molecular formula is C18H28N2O. The van der Waals surface area contributed by atoms with Gasteiger partial charge >= 0.3 is 0 Å². The van der Waals surface area contributed by atoms with Gasteiger partial charge in [0, 0.05) is 18.2 Å². The van der Waals surface area contributed by atoms with Gasteiger partial charge in [-0.2, -0.15) is 0 Å². The van der Waals surface area contributed by atoms with Gasteiger partial charge in [0.15, 0.2) is 0 Å². The Kier molecular flexibility index (Phi) is 5.40. The van der Waals surface area contributed by atoms with Crippen molar-refractivity contribution in [2.45, 2.75) is 57.9 Å². The summed E-state index contributed by atoms with van der Waals surface area (Å²) in [7, 11) is 0. The van der Waals surface area contributed by atoms with E-state index in [0.29, 0.717) is 6.04 Å². The molecule has 0 radical (unpaired) electrons. The first-order chi connectivity index (χ1) is 9.97. The van der Waals surface area contributed by atoms with Crippen molar-refractivity contribution < 1.29 is 4.79 Å². The summed E-state index contributed by atoms with van der Waals surface area (Å²) >= 11 is 0. The van der Waals surface area contributed by atoms with Crippen LogP contribution in [0, 0.1) is 0 Å². The molecule has 1 aliphatic heterocycles. The monoisotopic (exact) mass is 288 g/mol. The zero-order chi connectivity index (χ0) is 15.3. The molecular weight excluding hydrogens is 260 g/mol. The molecule has 1 aromatic carbocycles. The summed E-state index contributed by atoms with van der Waals surface area (Å²) in [6, 6.07) is 8.53. The molecule has 0 saturated carbocycles. The molecule has 3 nitrogen and oxygen atoms in total. The lowest BCUT2D eigenvalue weighted by Gasteiger charge is -2.23. The maximum atomic E-state index is 12.1. The maximum Gasteiger partial charge on any atom is 0.251 e. The van der Waals surface area contributed by atoms with Crippen LogP contribution in [0.3, 0.4) is 0 Å². The summed E-state index contributed by atoms with van der Waals surface area (Å²) in [5, 5.41) is 6.53. The van der Waals surface area contributed by atoms with Crippen molar-refractivity contribution in [1.82, 2.24) is 10.6 Å². The van der Waals surface area contributed by atoms with Crippen LogP contribution in [-0.2, 0) is 5.41 Å². The second-order valence-electron chi connectivity index (χ2n) is 7.02. The number of piperidine rings is 1. The summed E-state index contributed by atoms with van der Waals surface area (Å²) in [4.78, 5) is 12.1. The van der Waals surface area contributed by atoms with Crippen LogP contribution < -0.4 is 10.6 Å². The SMILES string of the molecule is CC(C)(C)c1ccc(C(=O)NCCC2CCCCN2)cc1. The van der Waals surface area contributed by atoms with Gasteiger partial charge in [0.1, 0.15) is 0 Å². The van der Waals surface area contributed by atoms with Crippen LogP contribution in [0.1, 0.15) is 62.4 Å². The van der Waals surface area contributed by atoms with Crippen LogP contribution in [0.25, 0.3) is 0 Å². The predicted molar refractivity (Wildman–Crippen MR) is 87.7 cm³/mol. The minimum absolute atomic E-state index is 0.0336. The molecule has 1 fully saturated rings. The highest BCUT2D eigenvalue weighted by atomic mass is 16.1. The van der Waals surface area contributed by atoms with E-state index in [2.05, 4.69) is 43.5 Å². The Labute approximate surface area is 128 Å². The third-order valence-electron chi connectivity index (χ3n) is 4.20. The van der Waals surface area contributed by atoms with Crippen molar-refractivity contribution in [3.8, 4) is 0 Å². The van der Waals surface area contributed by atoms with Crippen LogP contribution in [0.4, 0.5) is 0 Å². The lowest BCUT2D eigenvalue weighted by atomic mass is 9.87. The first kappa shape index (κ1) is 16.0. The minimum atomic E-state index is 0.0336. The fourth-order valence-corrected chi connectivity index (χ4v) is 2.75. The molecule has 0 aromatic heterocycles. The smallest absolute Gasteiger partial charge is 0.251 e. The molecule has 1 amide bonds. The van der Waals surface area contributed by atoms with Crippen molar-refractivity contribution in [2.75, 3.05) is 13.1 Å². The molecule has 3 heteroatoms. The van der Waals surface area contributed by atoms with Gasteiger partial charge in [-0.3, -0.25) is 4.79 Å². The Bertz CT molecular complexity index is 453. The van der Waals surface area contributed by atoms with Gasteiger partial charge in [-0.05, 0) is 48.9 Å². The van der Waals surface area contributed by atoms with Crippen molar-refractivity contribution in [1.29, 1.82) is 0 Å². The first-order valence-electron chi connectivity index (χ1n) is 8.09. The van der Waals surface area contributed by atoms with E-state index in [-0.39, 0.29) is 11.3 Å². The van der Waals surface area contributed by atoms with Gasteiger partial charge in [-0.25, -0.2) is 0 Å². The van der Waals surface area contributed by atoms with Crippen LogP contribution in [0.15, 0.2) is 24.3 Å². The van der Waals surface area contributed by atoms with E-state index in [9.17, 15) is 4.79 Å². The second kappa shape index (κ2) is 7.08. The standard InChI is InChI=1S/C18H28N2O/c1-18(2,3)15-9-7-14(8-10-15)17(21)20-13-11-16-6-4-5-12-19-16/h7-10,16,19H,4-6,11-13H2,1-3H3,(H,20,21). The Morgan fingerprint density at radius 2 is 1.95 bits per heavy atom. The van der Waals surface area contributed by atoms with E-state index in [1.807, 2.05) is 12.1 Å². The molecule has 2 N–H and O–H groups in total. The van der Waals surface area contributed by atoms with Gasteiger partial charge in [0.05, 0.1) is 0 Å². The van der Waals surface area contributed by atoms with Gasteiger partial charge < -0.3 is 10.6 Å². The van der Waals surface area contributed by atoms with Gasteiger partial charge in [0.2, 0.25) is 0 Å². The molecule has 1 aromatic rings. The first-order valence-corrected chi connectivity index (χ1v) is 8.09. The molecule has 116 valence electrons. The summed E-state index contributed by atoms with van der Waals surface area (Å²) in [6.07, 6.45) is 4.84. The number of carbonyl (C=O) groups is 1. The number of rotatable bonds is 4. The summed E-state index contributed by atoms with van der Waals surface area (Å²) in [5.74, 6) is 0.0336. The average Bonchev–Trinajstić information content (AvgIpc) is 2.47. The van der Waals surface area contributed by atoms with Crippen LogP contribution in [-0.4, -0.2) is 25.0 Å². The lowest BCUT2D eigenvalue weighted by Crippen LogP contribution is -2.37. The number of amides is 1. The second-order valence-corrected chi connectivity index (χ2v) is 7.02. The van der Waals surface area contributed by atoms with E-state index in [1.165, 1.54) is 24.8 Å². The van der Waals surface area contributed by atoms with Gasteiger partial charge in [0.25, 0.3) is 5.91 Å². The number of hydrogen-bond donors (Lipinski definition) is 2. The Morgan fingerprint density at radius 1 is 1.24 bits per heavy atom. The Balaban J connectivity index is 1.80. The normalized spacial score (nSPS) is 19.3. The van der Waals surface area contributed by atoms with Crippen molar-refractivity contribution in [2.24, 2.45) is 0 Å². The largest absolute Gasteiger partial charge is 0.352 e. The van der Waals surface area contributed by atoms with Crippen molar-refractivity contribution in [3.05, 3.63) is 35.4 Å². The fraction of sp³-hybridized carbons (Fsp3) is 0.611. The highest BCUT2D eigenvalue weighted by molar-refractivity contribution is 5.94. The zero-order valence-electron chi connectivity index (χ0n) is 13.5. The Morgan fingerprint density at radius 3 is 2.52 bits per heavy atom.